The lowest BCUT2D eigenvalue weighted by Crippen LogP contribution is -2.18. The minimum atomic E-state index is -4.35. The fraction of sp³-hybridized carbons (Fsp3) is 0.462. The number of rotatable bonds is 5. The van der Waals surface area contributed by atoms with E-state index in [1.165, 1.54) is 0 Å². The maximum absolute atomic E-state index is 11.8. The Bertz CT molecular complexity index is 469. The summed E-state index contributed by atoms with van der Waals surface area (Å²) in [6.45, 7) is -0.538. The number of halogens is 3. The number of ether oxygens (including phenoxy) is 2. The first kappa shape index (κ1) is 14.0. The van der Waals surface area contributed by atoms with Gasteiger partial charge in [0.2, 0.25) is 0 Å². The molecule has 0 radical (unpaired) electrons. The normalized spacial score (nSPS) is 14.5. The van der Waals surface area contributed by atoms with Gasteiger partial charge in [-0.3, -0.25) is 4.79 Å². The Labute approximate surface area is 108 Å². The predicted octanol–water partition coefficient (Wildman–Crippen LogP) is 2.87. The van der Waals surface area contributed by atoms with Crippen molar-refractivity contribution in [2.24, 2.45) is 0 Å². The third kappa shape index (κ3) is 4.04. The summed E-state index contributed by atoms with van der Waals surface area (Å²) in [5.41, 5.74) is 2.49. The van der Waals surface area contributed by atoms with Crippen molar-refractivity contribution in [3.8, 4) is 0 Å². The molecule has 1 aliphatic rings. The zero-order valence-corrected chi connectivity index (χ0v) is 10.1. The Kier molecular flexibility index (Phi) is 4.21. The van der Waals surface area contributed by atoms with Gasteiger partial charge in [0.1, 0.15) is 6.61 Å². The molecule has 1 heterocycles. The summed E-state index contributed by atoms with van der Waals surface area (Å²) in [7, 11) is 0. The zero-order valence-electron chi connectivity index (χ0n) is 10.1. The van der Waals surface area contributed by atoms with Crippen LogP contribution in [0.15, 0.2) is 18.2 Å². The molecule has 19 heavy (non-hydrogen) atoms. The number of ketones is 1. The Morgan fingerprint density at radius 1 is 1.26 bits per heavy atom. The van der Waals surface area contributed by atoms with Gasteiger partial charge in [0.05, 0.1) is 19.8 Å². The largest absolute Gasteiger partial charge is 0.411 e. The molecule has 0 unspecified atom stereocenters. The summed E-state index contributed by atoms with van der Waals surface area (Å²) in [6.07, 6.45) is -4.41. The number of hydrogen-bond donors (Lipinski definition) is 0. The summed E-state index contributed by atoms with van der Waals surface area (Å²) < 4.78 is 45.1. The molecule has 104 valence electrons. The number of Topliss-reactive ketones (excluding diaryl/α,β-unsaturated/α-hetero) is 1. The summed E-state index contributed by atoms with van der Waals surface area (Å²) in [5.74, 6) is -0.225. The minimum absolute atomic E-state index is 0.0598. The third-order valence-corrected chi connectivity index (χ3v) is 2.78. The van der Waals surface area contributed by atoms with Crippen LogP contribution in [0.1, 0.15) is 27.9 Å². The zero-order chi connectivity index (χ0) is 13.9. The first-order valence-corrected chi connectivity index (χ1v) is 5.83. The lowest BCUT2D eigenvalue weighted by molar-refractivity contribution is -0.173. The van der Waals surface area contributed by atoms with Gasteiger partial charge < -0.3 is 9.47 Å². The molecule has 0 saturated heterocycles. The Morgan fingerprint density at radius 2 is 2.00 bits per heavy atom. The molecule has 1 aliphatic heterocycles. The predicted molar refractivity (Wildman–Crippen MR) is 60.8 cm³/mol. The van der Waals surface area contributed by atoms with Crippen molar-refractivity contribution in [1.29, 1.82) is 0 Å². The standard InChI is InChI=1S/C13H13F3O3/c14-13(15,16)8-18-4-3-12(17)9-1-2-10-6-19-7-11(10)5-9/h1-2,5H,3-4,6-8H2. The van der Waals surface area contributed by atoms with Crippen LogP contribution in [0.2, 0.25) is 0 Å². The summed E-state index contributed by atoms with van der Waals surface area (Å²) in [4.78, 5) is 11.8. The second-order valence-electron chi connectivity index (χ2n) is 4.32. The molecule has 0 aromatic heterocycles. The van der Waals surface area contributed by atoms with E-state index in [4.69, 9.17) is 4.74 Å². The van der Waals surface area contributed by atoms with E-state index < -0.39 is 12.8 Å². The van der Waals surface area contributed by atoms with E-state index in [9.17, 15) is 18.0 Å². The summed E-state index contributed by atoms with van der Waals surface area (Å²) in [6, 6.07) is 5.21. The van der Waals surface area contributed by atoms with Crippen molar-refractivity contribution in [1.82, 2.24) is 0 Å². The average Bonchev–Trinajstić information content (AvgIpc) is 2.80. The van der Waals surface area contributed by atoms with Gasteiger partial charge in [-0.2, -0.15) is 13.2 Å². The third-order valence-electron chi connectivity index (χ3n) is 2.78. The van der Waals surface area contributed by atoms with Crippen LogP contribution in [0.25, 0.3) is 0 Å². The molecule has 0 bridgehead atoms. The number of benzene rings is 1. The van der Waals surface area contributed by atoms with Gasteiger partial charge in [-0.1, -0.05) is 12.1 Å². The Morgan fingerprint density at radius 3 is 2.74 bits per heavy atom. The van der Waals surface area contributed by atoms with E-state index in [2.05, 4.69) is 4.74 Å². The van der Waals surface area contributed by atoms with Crippen LogP contribution < -0.4 is 0 Å². The molecular weight excluding hydrogens is 261 g/mol. The highest BCUT2D eigenvalue weighted by Gasteiger charge is 2.27. The Balaban J connectivity index is 1.83. The van der Waals surface area contributed by atoms with Crippen LogP contribution in [-0.4, -0.2) is 25.2 Å². The van der Waals surface area contributed by atoms with Gasteiger partial charge >= 0.3 is 6.18 Å². The second kappa shape index (κ2) is 5.71. The fourth-order valence-electron chi connectivity index (χ4n) is 1.84. The van der Waals surface area contributed by atoms with Gasteiger partial charge in [-0.05, 0) is 17.2 Å². The first-order valence-electron chi connectivity index (χ1n) is 5.83. The molecular formula is C13H13F3O3. The second-order valence-corrected chi connectivity index (χ2v) is 4.32. The van der Waals surface area contributed by atoms with Crippen LogP contribution in [0.4, 0.5) is 13.2 Å². The topological polar surface area (TPSA) is 35.5 Å². The summed E-state index contributed by atoms with van der Waals surface area (Å²) in [5, 5.41) is 0. The van der Waals surface area contributed by atoms with E-state index in [1.54, 1.807) is 12.1 Å². The molecule has 0 aliphatic carbocycles. The molecule has 0 amide bonds. The molecule has 6 heteroatoms. The van der Waals surface area contributed by atoms with Crippen molar-refractivity contribution < 1.29 is 27.4 Å². The van der Waals surface area contributed by atoms with Gasteiger partial charge in [-0.25, -0.2) is 0 Å². The number of hydrogen-bond acceptors (Lipinski definition) is 3. The van der Waals surface area contributed by atoms with E-state index in [0.29, 0.717) is 18.8 Å². The van der Waals surface area contributed by atoms with E-state index in [1.807, 2.05) is 6.07 Å². The molecule has 0 atom stereocenters. The highest BCUT2D eigenvalue weighted by Crippen LogP contribution is 2.21. The van der Waals surface area contributed by atoms with Crippen molar-refractivity contribution in [3.63, 3.8) is 0 Å². The van der Waals surface area contributed by atoms with Gasteiger partial charge in [0.25, 0.3) is 0 Å². The smallest absolute Gasteiger partial charge is 0.372 e. The van der Waals surface area contributed by atoms with E-state index in [-0.39, 0.29) is 18.8 Å². The fourth-order valence-corrected chi connectivity index (χ4v) is 1.84. The van der Waals surface area contributed by atoms with Gasteiger partial charge in [0.15, 0.2) is 5.78 Å². The number of carbonyl (C=O) groups excluding carboxylic acids is 1. The van der Waals surface area contributed by atoms with Crippen LogP contribution in [0.5, 0.6) is 0 Å². The molecule has 0 N–H and O–H groups in total. The monoisotopic (exact) mass is 274 g/mol. The maximum Gasteiger partial charge on any atom is 0.411 e. The van der Waals surface area contributed by atoms with Crippen LogP contribution in [0, 0.1) is 0 Å². The van der Waals surface area contributed by atoms with Crippen LogP contribution in [0.3, 0.4) is 0 Å². The first-order chi connectivity index (χ1) is 8.96. The van der Waals surface area contributed by atoms with Crippen molar-refractivity contribution in [2.75, 3.05) is 13.2 Å². The number of carbonyl (C=O) groups is 1. The lowest BCUT2D eigenvalue weighted by Gasteiger charge is -2.07. The Hall–Kier alpha value is -1.40. The molecule has 3 nitrogen and oxygen atoms in total. The van der Waals surface area contributed by atoms with Crippen LogP contribution in [-0.2, 0) is 22.7 Å². The molecule has 1 aromatic carbocycles. The quantitative estimate of drug-likeness (QED) is 0.612. The van der Waals surface area contributed by atoms with Crippen LogP contribution >= 0.6 is 0 Å². The molecule has 0 fully saturated rings. The maximum atomic E-state index is 11.8. The van der Waals surface area contributed by atoms with Crippen molar-refractivity contribution >= 4 is 5.78 Å². The molecule has 1 aromatic rings. The minimum Gasteiger partial charge on any atom is -0.372 e. The molecule has 2 rings (SSSR count). The van der Waals surface area contributed by atoms with E-state index >= 15 is 0 Å². The molecule has 0 spiro atoms. The highest BCUT2D eigenvalue weighted by molar-refractivity contribution is 5.96. The van der Waals surface area contributed by atoms with Gasteiger partial charge in [-0.15, -0.1) is 0 Å². The van der Waals surface area contributed by atoms with Crippen molar-refractivity contribution in [2.45, 2.75) is 25.8 Å². The van der Waals surface area contributed by atoms with Crippen molar-refractivity contribution in [3.05, 3.63) is 34.9 Å². The van der Waals surface area contributed by atoms with E-state index in [0.717, 1.165) is 11.1 Å². The van der Waals surface area contributed by atoms with Gasteiger partial charge in [0, 0.05) is 12.0 Å². The summed E-state index contributed by atoms with van der Waals surface area (Å²) >= 11 is 0. The molecule has 0 saturated carbocycles. The SMILES string of the molecule is O=C(CCOCC(F)(F)F)c1ccc2c(c1)COC2. The number of alkyl halides is 3. The highest BCUT2D eigenvalue weighted by atomic mass is 19.4. The lowest BCUT2D eigenvalue weighted by atomic mass is 10.0. The average molecular weight is 274 g/mol. The number of fused-ring (bicyclic) bond motifs is 1.